The summed E-state index contributed by atoms with van der Waals surface area (Å²) < 4.78 is 30.0. The standard InChI is InChI=1S/C12H18N2O3S/c1-10-9-17-8-7-14(10)12-5-3-11(4-6-12)13-18(2,15)16/h3-6,10,13H,7-9H2,1-2H3. The maximum atomic E-state index is 11.1. The Bertz CT molecular complexity index is 499. The summed E-state index contributed by atoms with van der Waals surface area (Å²) in [5, 5.41) is 0. The lowest BCUT2D eigenvalue weighted by atomic mass is 10.2. The average molecular weight is 270 g/mol. The highest BCUT2D eigenvalue weighted by Crippen LogP contribution is 2.22. The first-order chi connectivity index (χ1) is 8.46. The van der Waals surface area contributed by atoms with E-state index in [0.717, 1.165) is 31.7 Å². The van der Waals surface area contributed by atoms with Gasteiger partial charge in [-0.3, -0.25) is 4.72 Å². The van der Waals surface area contributed by atoms with Crippen LogP contribution in [0.2, 0.25) is 0 Å². The smallest absolute Gasteiger partial charge is 0.229 e. The van der Waals surface area contributed by atoms with Gasteiger partial charge in [0.25, 0.3) is 0 Å². The minimum absolute atomic E-state index is 0.340. The molecule has 6 heteroatoms. The summed E-state index contributed by atoms with van der Waals surface area (Å²) in [6.07, 6.45) is 1.14. The molecule has 0 aliphatic carbocycles. The number of anilines is 2. The molecule has 0 spiro atoms. The van der Waals surface area contributed by atoms with Gasteiger partial charge >= 0.3 is 0 Å². The third-order valence-corrected chi connectivity index (χ3v) is 3.48. The van der Waals surface area contributed by atoms with Crippen LogP contribution in [0.3, 0.4) is 0 Å². The number of hydrogen-bond donors (Lipinski definition) is 1. The summed E-state index contributed by atoms with van der Waals surface area (Å²) in [5.74, 6) is 0. The van der Waals surface area contributed by atoms with E-state index in [2.05, 4.69) is 16.5 Å². The van der Waals surface area contributed by atoms with E-state index in [-0.39, 0.29) is 0 Å². The molecular weight excluding hydrogens is 252 g/mol. The van der Waals surface area contributed by atoms with Crippen molar-refractivity contribution in [3.63, 3.8) is 0 Å². The zero-order chi connectivity index (χ0) is 13.2. The highest BCUT2D eigenvalue weighted by atomic mass is 32.2. The van der Waals surface area contributed by atoms with Crippen LogP contribution in [-0.4, -0.2) is 40.5 Å². The van der Waals surface area contributed by atoms with Crippen molar-refractivity contribution < 1.29 is 13.2 Å². The number of rotatable bonds is 3. The van der Waals surface area contributed by atoms with Crippen molar-refractivity contribution in [2.75, 3.05) is 35.6 Å². The average Bonchev–Trinajstić information content (AvgIpc) is 2.29. The van der Waals surface area contributed by atoms with E-state index in [1.54, 1.807) is 12.1 Å². The van der Waals surface area contributed by atoms with Crippen LogP contribution in [0.5, 0.6) is 0 Å². The van der Waals surface area contributed by atoms with Gasteiger partial charge in [0, 0.05) is 24.0 Å². The fourth-order valence-corrected chi connectivity index (χ4v) is 2.61. The molecule has 1 saturated heterocycles. The molecule has 0 saturated carbocycles. The second-order valence-corrected chi connectivity index (χ2v) is 6.29. The summed E-state index contributed by atoms with van der Waals surface area (Å²) >= 11 is 0. The maximum Gasteiger partial charge on any atom is 0.229 e. The lowest BCUT2D eigenvalue weighted by Gasteiger charge is -2.35. The molecule has 100 valence electrons. The molecule has 1 aliphatic heterocycles. The second kappa shape index (κ2) is 5.16. The van der Waals surface area contributed by atoms with Gasteiger partial charge in [-0.15, -0.1) is 0 Å². The molecule has 2 rings (SSSR count). The fraction of sp³-hybridized carbons (Fsp3) is 0.500. The van der Waals surface area contributed by atoms with Gasteiger partial charge in [-0.1, -0.05) is 0 Å². The molecule has 1 aliphatic rings. The van der Waals surface area contributed by atoms with Gasteiger partial charge in [0.15, 0.2) is 0 Å². The van der Waals surface area contributed by atoms with Gasteiger partial charge < -0.3 is 9.64 Å². The molecule has 1 N–H and O–H groups in total. The van der Waals surface area contributed by atoms with E-state index in [0.29, 0.717) is 11.7 Å². The number of nitrogens with zero attached hydrogens (tertiary/aromatic N) is 1. The summed E-state index contributed by atoms with van der Waals surface area (Å²) in [4.78, 5) is 2.26. The number of morpholine rings is 1. The molecule has 0 bridgehead atoms. The SMILES string of the molecule is CC1COCCN1c1ccc(NS(C)(=O)=O)cc1. The van der Waals surface area contributed by atoms with Gasteiger partial charge in [-0.05, 0) is 31.2 Å². The van der Waals surface area contributed by atoms with Crippen molar-refractivity contribution in [3.05, 3.63) is 24.3 Å². The number of sulfonamides is 1. The highest BCUT2D eigenvalue weighted by Gasteiger charge is 2.18. The Morgan fingerprint density at radius 1 is 1.33 bits per heavy atom. The monoisotopic (exact) mass is 270 g/mol. The van der Waals surface area contributed by atoms with Gasteiger partial charge in [0.05, 0.1) is 19.5 Å². The summed E-state index contributed by atoms with van der Waals surface area (Å²) in [7, 11) is -3.21. The lowest BCUT2D eigenvalue weighted by molar-refractivity contribution is 0.0989. The van der Waals surface area contributed by atoms with Crippen molar-refractivity contribution >= 4 is 21.4 Å². The van der Waals surface area contributed by atoms with Crippen molar-refractivity contribution in [2.24, 2.45) is 0 Å². The molecule has 1 unspecified atom stereocenters. The van der Waals surface area contributed by atoms with Crippen LogP contribution < -0.4 is 9.62 Å². The van der Waals surface area contributed by atoms with E-state index in [1.807, 2.05) is 12.1 Å². The molecule has 5 nitrogen and oxygen atoms in total. The molecule has 1 aromatic carbocycles. The van der Waals surface area contributed by atoms with Crippen LogP contribution in [0.25, 0.3) is 0 Å². The predicted molar refractivity (Wildman–Crippen MR) is 72.5 cm³/mol. The van der Waals surface area contributed by atoms with E-state index in [1.165, 1.54) is 0 Å². The zero-order valence-corrected chi connectivity index (χ0v) is 11.4. The number of hydrogen-bond acceptors (Lipinski definition) is 4. The first-order valence-corrected chi connectivity index (χ1v) is 7.77. The third-order valence-electron chi connectivity index (χ3n) is 2.87. The Balaban J connectivity index is 2.12. The zero-order valence-electron chi connectivity index (χ0n) is 10.6. The summed E-state index contributed by atoms with van der Waals surface area (Å²) in [5.41, 5.74) is 1.67. The topological polar surface area (TPSA) is 58.6 Å². The number of benzene rings is 1. The van der Waals surface area contributed by atoms with E-state index >= 15 is 0 Å². The van der Waals surface area contributed by atoms with Crippen molar-refractivity contribution in [1.82, 2.24) is 0 Å². The predicted octanol–water partition coefficient (Wildman–Crippen LogP) is 1.28. The Morgan fingerprint density at radius 3 is 2.56 bits per heavy atom. The van der Waals surface area contributed by atoms with Crippen LogP contribution in [0, 0.1) is 0 Å². The number of nitrogens with one attached hydrogen (secondary N) is 1. The molecular formula is C12H18N2O3S. The fourth-order valence-electron chi connectivity index (χ4n) is 2.05. The summed E-state index contributed by atoms with van der Waals surface area (Å²) in [6.45, 7) is 4.43. The minimum atomic E-state index is -3.21. The Hall–Kier alpha value is -1.27. The molecule has 0 amide bonds. The van der Waals surface area contributed by atoms with E-state index in [9.17, 15) is 8.42 Å². The summed E-state index contributed by atoms with van der Waals surface area (Å²) in [6, 6.07) is 7.74. The largest absolute Gasteiger partial charge is 0.377 e. The van der Waals surface area contributed by atoms with Crippen LogP contribution in [-0.2, 0) is 14.8 Å². The first-order valence-electron chi connectivity index (χ1n) is 5.88. The molecule has 0 aromatic heterocycles. The number of ether oxygens (including phenoxy) is 1. The molecule has 1 fully saturated rings. The Kier molecular flexibility index (Phi) is 3.77. The van der Waals surface area contributed by atoms with Crippen molar-refractivity contribution in [2.45, 2.75) is 13.0 Å². The van der Waals surface area contributed by atoms with Crippen molar-refractivity contribution in [3.8, 4) is 0 Å². The van der Waals surface area contributed by atoms with Gasteiger partial charge in [-0.2, -0.15) is 0 Å². The Morgan fingerprint density at radius 2 is 2.00 bits per heavy atom. The molecule has 1 aromatic rings. The van der Waals surface area contributed by atoms with Crippen LogP contribution in [0.15, 0.2) is 24.3 Å². The van der Waals surface area contributed by atoms with Crippen LogP contribution >= 0.6 is 0 Å². The van der Waals surface area contributed by atoms with E-state index < -0.39 is 10.0 Å². The molecule has 0 radical (unpaired) electrons. The third kappa shape index (κ3) is 3.36. The van der Waals surface area contributed by atoms with E-state index in [4.69, 9.17) is 4.74 Å². The maximum absolute atomic E-state index is 11.1. The molecule has 1 atom stereocenters. The Labute approximate surface area is 108 Å². The highest BCUT2D eigenvalue weighted by molar-refractivity contribution is 7.92. The van der Waals surface area contributed by atoms with Gasteiger partial charge in [-0.25, -0.2) is 8.42 Å². The first kappa shape index (κ1) is 13.2. The van der Waals surface area contributed by atoms with Crippen LogP contribution in [0.4, 0.5) is 11.4 Å². The lowest BCUT2D eigenvalue weighted by Crippen LogP contribution is -2.43. The second-order valence-electron chi connectivity index (χ2n) is 4.54. The molecule has 1 heterocycles. The minimum Gasteiger partial charge on any atom is -0.377 e. The normalized spacial score (nSPS) is 20.8. The molecule has 18 heavy (non-hydrogen) atoms. The van der Waals surface area contributed by atoms with Crippen molar-refractivity contribution in [1.29, 1.82) is 0 Å². The quantitative estimate of drug-likeness (QED) is 0.899. The van der Waals surface area contributed by atoms with Gasteiger partial charge in [0.1, 0.15) is 0 Å². The van der Waals surface area contributed by atoms with Gasteiger partial charge in [0.2, 0.25) is 10.0 Å². The van der Waals surface area contributed by atoms with Crippen LogP contribution in [0.1, 0.15) is 6.92 Å².